The molecule has 1 saturated carbocycles. The summed E-state index contributed by atoms with van der Waals surface area (Å²) in [5.74, 6) is -0.885. The first-order valence-corrected chi connectivity index (χ1v) is 13.6. The van der Waals surface area contributed by atoms with Gasteiger partial charge in [0.1, 0.15) is 30.9 Å². The summed E-state index contributed by atoms with van der Waals surface area (Å²) in [6.45, 7) is 10.0. The second kappa shape index (κ2) is 10.3. The second-order valence-electron chi connectivity index (χ2n) is 12.2. The molecule has 4 aliphatic rings. The Bertz CT molecular complexity index is 1010. The van der Waals surface area contributed by atoms with Crippen molar-refractivity contribution in [1.82, 2.24) is 15.1 Å². The average molecular weight is 513 g/mol. The third-order valence-corrected chi connectivity index (χ3v) is 8.26. The van der Waals surface area contributed by atoms with E-state index < -0.39 is 24.3 Å². The van der Waals surface area contributed by atoms with Crippen LogP contribution in [-0.2, 0) is 14.3 Å². The molecule has 0 radical (unpaired) electrons. The summed E-state index contributed by atoms with van der Waals surface area (Å²) in [7, 11) is 0. The van der Waals surface area contributed by atoms with Crippen molar-refractivity contribution in [2.75, 3.05) is 44.2 Å². The number of hydrogen-bond acceptors (Lipinski definition) is 7. The van der Waals surface area contributed by atoms with Gasteiger partial charge in [-0.3, -0.25) is 19.3 Å². The van der Waals surface area contributed by atoms with Gasteiger partial charge in [0.25, 0.3) is 5.91 Å². The highest BCUT2D eigenvalue weighted by Crippen LogP contribution is 2.30. The number of amides is 2. The smallest absolute Gasteiger partial charge is 0.251 e. The Hall–Kier alpha value is -2.49. The molecule has 1 aliphatic carbocycles. The van der Waals surface area contributed by atoms with E-state index in [0.29, 0.717) is 12.0 Å². The summed E-state index contributed by atoms with van der Waals surface area (Å²) < 4.78 is 5.41. The van der Waals surface area contributed by atoms with E-state index in [-0.39, 0.29) is 36.2 Å². The molecule has 0 aromatic heterocycles. The van der Waals surface area contributed by atoms with E-state index in [0.717, 1.165) is 37.9 Å². The minimum absolute atomic E-state index is 0.0269. The number of aliphatic hydroxyl groups is 1. The van der Waals surface area contributed by atoms with E-state index in [1.54, 1.807) is 0 Å². The fourth-order valence-corrected chi connectivity index (χ4v) is 6.03. The number of rotatable bonds is 6. The number of nitrogens with zero attached hydrogens (tertiary/aromatic N) is 3. The van der Waals surface area contributed by atoms with Crippen molar-refractivity contribution in [3.05, 3.63) is 29.8 Å². The van der Waals surface area contributed by atoms with Crippen molar-refractivity contribution in [2.45, 2.75) is 76.8 Å². The maximum absolute atomic E-state index is 13.6. The molecule has 1 aromatic rings. The van der Waals surface area contributed by atoms with Gasteiger partial charge < -0.3 is 25.0 Å². The number of ether oxygens (including phenoxy) is 1. The largest absolute Gasteiger partial charge is 0.388 e. The Balaban J connectivity index is 1.24. The number of piperazine rings is 1. The first-order chi connectivity index (χ1) is 17.6. The number of carbonyl (C=O) groups excluding carboxylic acids is 3. The highest BCUT2D eigenvalue weighted by molar-refractivity contribution is 5.99. The number of ketones is 1. The minimum atomic E-state index is -0.908. The van der Waals surface area contributed by atoms with Crippen LogP contribution >= 0.6 is 0 Å². The number of fused-ring (bicyclic) bond motifs is 1. The van der Waals surface area contributed by atoms with Crippen LogP contribution in [0.3, 0.4) is 0 Å². The van der Waals surface area contributed by atoms with Gasteiger partial charge in [-0.05, 0) is 48.9 Å². The van der Waals surface area contributed by atoms with E-state index in [4.69, 9.17) is 4.74 Å². The molecular weight excluding hydrogens is 472 g/mol. The molecule has 1 aromatic carbocycles. The summed E-state index contributed by atoms with van der Waals surface area (Å²) >= 11 is 0. The van der Waals surface area contributed by atoms with Crippen LogP contribution in [0.4, 0.5) is 5.69 Å². The number of nitrogens with one attached hydrogen (secondary N) is 1. The molecule has 0 bridgehead atoms. The van der Waals surface area contributed by atoms with Crippen molar-refractivity contribution in [2.24, 2.45) is 5.41 Å². The van der Waals surface area contributed by atoms with E-state index >= 15 is 0 Å². The topological polar surface area (TPSA) is 102 Å². The molecule has 3 aliphatic heterocycles. The van der Waals surface area contributed by atoms with Gasteiger partial charge in [-0.2, -0.15) is 0 Å². The molecule has 4 fully saturated rings. The van der Waals surface area contributed by atoms with Crippen molar-refractivity contribution >= 4 is 23.3 Å². The Labute approximate surface area is 219 Å². The molecule has 37 heavy (non-hydrogen) atoms. The van der Waals surface area contributed by atoms with Gasteiger partial charge >= 0.3 is 0 Å². The highest BCUT2D eigenvalue weighted by atomic mass is 16.5. The highest BCUT2D eigenvalue weighted by Gasteiger charge is 2.53. The Morgan fingerprint density at radius 3 is 2.38 bits per heavy atom. The molecule has 9 nitrogen and oxygen atoms in total. The first kappa shape index (κ1) is 26.1. The molecule has 4 atom stereocenters. The van der Waals surface area contributed by atoms with E-state index in [1.807, 2.05) is 45.0 Å². The number of Topliss-reactive ketones (excluding diaryl/α,β-unsaturated/α-hetero) is 1. The summed E-state index contributed by atoms with van der Waals surface area (Å²) in [6, 6.07) is 6.74. The number of likely N-dealkylation sites (tertiary alicyclic amines) is 1. The number of aliphatic hydroxyl groups excluding tert-OH is 1. The number of β-amino-alcohol motifs (C(OH)–C–C–N with tert-alkyl or cyclic N) is 1. The molecular formula is C28H40N4O5. The molecule has 3 saturated heterocycles. The summed E-state index contributed by atoms with van der Waals surface area (Å²) in [6.07, 6.45) is 2.81. The first-order valence-electron chi connectivity index (χ1n) is 13.6. The quantitative estimate of drug-likeness (QED) is 0.595. The molecule has 3 heterocycles. The minimum Gasteiger partial charge on any atom is -0.388 e. The van der Waals surface area contributed by atoms with Crippen LogP contribution in [0.5, 0.6) is 0 Å². The fraction of sp³-hybridized carbons (Fsp3) is 0.679. The standard InChI is InChI=1S/C28H40N4O5/c1-28(2,3)15-21(27(36)32-16-22(33)25-24(32)23(34)17-37-25)29-26(35)18-7-9-20(10-8-18)31-13-11-30(12-14-31)19-5-4-6-19/h7-10,19,21-22,24-25,33H,4-6,11-17H2,1-3H3,(H,29,35)/t21?,22-,24+,25+/m0/s1. The normalized spacial score (nSPS) is 27.7. The lowest BCUT2D eigenvalue weighted by Crippen LogP contribution is -2.53. The van der Waals surface area contributed by atoms with Crippen molar-refractivity contribution in [1.29, 1.82) is 0 Å². The van der Waals surface area contributed by atoms with Gasteiger partial charge in [0, 0.05) is 43.5 Å². The number of benzene rings is 1. The maximum Gasteiger partial charge on any atom is 0.251 e. The lowest BCUT2D eigenvalue weighted by molar-refractivity contribution is -0.138. The average Bonchev–Trinajstić information content (AvgIpc) is 3.37. The van der Waals surface area contributed by atoms with Crippen LogP contribution in [0, 0.1) is 5.41 Å². The van der Waals surface area contributed by atoms with Gasteiger partial charge in [0.2, 0.25) is 5.91 Å². The van der Waals surface area contributed by atoms with E-state index in [2.05, 4.69) is 15.1 Å². The van der Waals surface area contributed by atoms with Gasteiger partial charge in [0.15, 0.2) is 5.78 Å². The third kappa shape index (κ3) is 5.54. The van der Waals surface area contributed by atoms with Crippen molar-refractivity contribution in [3.63, 3.8) is 0 Å². The van der Waals surface area contributed by atoms with Crippen LogP contribution < -0.4 is 10.2 Å². The Morgan fingerprint density at radius 1 is 1.11 bits per heavy atom. The van der Waals surface area contributed by atoms with Gasteiger partial charge in [-0.15, -0.1) is 0 Å². The van der Waals surface area contributed by atoms with Gasteiger partial charge in [-0.1, -0.05) is 27.2 Å². The monoisotopic (exact) mass is 512 g/mol. The third-order valence-electron chi connectivity index (χ3n) is 8.26. The number of anilines is 1. The lowest BCUT2D eigenvalue weighted by Gasteiger charge is -2.43. The zero-order valence-corrected chi connectivity index (χ0v) is 22.2. The molecule has 0 spiro atoms. The van der Waals surface area contributed by atoms with Gasteiger partial charge in [-0.25, -0.2) is 0 Å². The second-order valence-corrected chi connectivity index (χ2v) is 12.2. The van der Waals surface area contributed by atoms with Crippen LogP contribution in [0.1, 0.15) is 56.8 Å². The predicted octanol–water partition coefficient (Wildman–Crippen LogP) is 1.44. The number of hydrogen-bond donors (Lipinski definition) is 2. The molecule has 2 N–H and O–H groups in total. The van der Waals surface area contributed by atoms with Crippen molar-refractivity contribution in [3.8, 4) is 0 Å². The van der Waals surface area contributed by atoms with Gasteiger partial charge in [0.05, 0.1) is 6.54 Å². The van der Waals surface area contributed by atoms with Crippen LogP contribution in [-0.4, -0.2) is 102 Å². The summed E-state index contributed by atoms with van der Waals surface area (Å²) in [5.41, 5.74) is 1.35. The summed E-state index contributed by atoms with van der Waals surface area (Å²) in [4.78, 5) is 45.5. The Kier molecular flexibility index (Phi) is 7.31. The zero-order valence-electron chi connectivity index (χ0n) is 22.2. The van der Waals surface area contributed by atoms with Crippen LogP contribution in [0.2, 0.25) is 0 Å². The van der Waals surface area contributed by atoms with Crippen LogP contribution in [0.25, 0.3) is 0 Å². The van der Waals surface area contributed by atoms with Crippen LogP contribution in [0.15, 0.2) is 24.3 Å². The van der Waals surface area contributed by atoms with E-state index in [1.165, 1.54) is 24.2 Å². The molecule has 5 rings (SSSR count). The fourth-order valence-electron chi connectivity index (χ4n) is 6.03. The SMILES string of the molecule is CC(C)(C)CC(NC(=O)c1ccc(N2CCN(C3CCC3)CC2)cc1)C(=O)N1C[C@H](O)[C@H]2OCC(=O)[C@H]21. The van der Waals surface area contributed by atoms with E-state index in [9.17, 15) is 19.5 Å². The lowest BCUT2D eigenvalue weighted by atomic mass is 9.87. The zero-order chi connectivity index (χ0) is 26.3. The number of carbonyl (C=O) groups is 3. The predicted molar refractivity (Wildman–Crippen MR) is 139 cm³/mol. The maximum atomic E-state index is 13.6. The molecule has 9 heteroatoms. The molecule has 1 unspecified atom stereocenters. The Morgan fingerprint density at radius 2 is 1.78 bits per heavy atom. The van der Waals surface area contributed by atoms with Crippen molar-refractivity contribution < 1.29 is 24.2 Å². The molecule has 202 valence electrons. The molecule has 2 amide bonds. The summed E-state index contributed by atoms with van der Waals surface area (Å²) in [5, 5.41) is 13.3.